The number of carbonyl (C=O) groups is 2. The van der Waals surface area contributed by atoms with E-state index < -0.39 is 17.2 Å². The van der Waals surface area contributed by atoms with Crippen molar-refractivity contribution in [3.05, 3.63) is 69.4 Å². The fourth-order valence-corrected chi connectivity index (χ4v) is 2.67. The van der Waals surface area contributed by atoms with Crippen LogP contribution < -0.4 is 21.9 Å². The van der Waals surface area contributed by atoms with Crippen molar-refractivity contribution in [1.29, 1.82) is 0 Å². The summed E-state index contributed by atoms with van der Waals surface area (Å²) < 4.78 is 1.20. The number of hydrogen-bond donors (Lipinski definition) is 3. The molecule has 8 nitrogen and oxygen atoms in total. The predicted molar refractivity (Wildman–Crippen MR) is 103 cm³/mol. The standard InChI is InChI=1S/C19H18N4O4/c1-2-16(24)20-12-6-5-7-13(10-12)21-17(25)11-23-15-9-4-3-8-14(15)18(26)22-19(23)27/h3-10H,2,11H2,1H3,(H,20,24)(H,21,25)(H,22,26,27). The summed E-state index contributed by atoms with van der Waals surface area (Å²) in [6.07, 6.45) is 0.346. The molecule has 2 amide bonds. The lowest BCUT2D eigenvalue weighted by Crippen LogP contribution is -2.34. The van der Waals surface area contributed by atoms with Crippen molar-refractivity contribution >= 4 is 34.1 Å². The topological polar surface area (TPSA) is 113 Å². The van der Waals surface area contributed by atoms with Crippen LogP contribution in [0.4, 0.5) is 11.4 Å². The van der Waals surface area contributed by atoms with E-state index in [0.717, 1.165) is 0 Å². The van der Waals surface area contributed by atoms with Crippen LogP contribution >= 0.6 is 0 Å². The lowest BCUT2D eigenvalue weighted by atomic mass is 10.2. The molecule has 3 N–H and O–H groups in total. The number of carbonyl (C=O) groups excluding carboxylic acids is 2. The molecule has 0 spiro atoms. The number of H-pyrrole nitrogens is 1. The van der Waals surface area contributed by atoms with Gasteiger partial charge < -0.3 is 10.6 Å². The zero-order valence-corrected chi connectivity index (χ0v) is 14.6. The Bertz CT molecular complexity index is 1130. The number of aromatic amines is 1. The molecule has 0 radical (unpaired) electrons. The van der Waals surface area contributed by atoms with E-state index in [-0.39, 0.29) is 12.5 Å². The number of rotatable bonds is 5. The first-order valence-electron chi connectivity index (χ1n) is 8.39. The molecule has 0 aliphatic heterocycles. The Kier molecular flexibility index (Phi) is 5.16. The highest BCUT2D eigenvalue weighted by atomic mass is 16.2. The number of nitrogens with one attached hydrogen (secondary N) is 3. The smallest absolute Gasteiger partial charge is 0.326 e. The van der Waals surface area contributed by atoms with E-state index in [9.17, 15) is 19.2 Å². The van der Waals surface area contributed by atoms with Gasteiger partial charge in [-0.05, 0) is 30.3 Å². The molecule has 2 aromatic carbocycles. The van der Waals surface area contributed by atoms with Crippen molar-refractivity contribution in [2.45, 2.75) is 19.9 Å². The van der Waals surface area contributed by atoms with Gasteiger partial charge in [-0.15, -0.1) is 0 Å². The van der Waals surface area contributed by atoms with Crippen LogP contribution in [0.15, 0.2) is 58.1 Å². The fraction of sp³-hybridized carbons (Fsp3) is 0.158. The number of para-hydroxylation sites is 1. The van der Waals surface area contributed by atoms with Gasteiger partial charge in [0.25, 0.3) is 5.56 Å². The van der Waals surface area contributed by atoms with Crippen molar-refractivity contribution in [3.63, 3.8) is 0 Å². The number of hydrogen-bond acceptors (Lipinski definition) is 4. The SMILES string of the molecule is CCC(=O)Nc1cccc(NC(=O)Cn2c(=O)[nH]c(=O)c3ccccc32)c1. The van der Waals surface area contributed by atoms with Gasteiger partial charge in [0.1, 0.15) is 6.54 Å². The van der Waals surface area contributed by atoms with Crippen LogP contribution in [-0.4, -0.2) is 21.4 Å². The number of aromatic nitrogens is 2. The molecule has 3 aromatic rings. The highest BCUT2D eigenvalue weighted by Crippen LogP contribution is 2.15. The van der Waals surface area contributed by atoms with Gasteiger partial charge in [-0.3, -0.25) is 23.9 Å². The Hall–Kier alpha value is -3.68. The minimum absolute atomic E-state index is 0.135. The lowest BCUT2D eigenvalue weighted by Gasteiger charge is -2.11. The third kappa shape index (κ3) is 4.12. The van der Waals surface area contributed by atoms with Crippen LogP contribution in [0, 0.1) is 0 Å². The largest absolute Gasteiger partial charge is 0.329 e. The quantitative estimate of drug-likeness (QED) is 0.637. The zero-order valence-electron chi connectivity index (χ0n) is 14.6. The van der Waals surface area contributed by atoms with Crippen LogP contribution in [0.25, 0.3) is 10.9 Å². The molecular formula is C19H18N4O4. The first-order chi connectivity index (χ1) is 13.0. The predicted octanol–water partition coefficient (Wildman–Crippen LogP) is 1.68. The fourth-order valence-electron chi connectivity index (χ4n) is 2.67. The second-order valence-electron chi connectivity index (χ2n) is 5.89. The van der Waals surface area contributed by atoms with E-state index in [1.165, 1.54) is 4.57 Å². The van der Waals surface area contributed by atoms with Crippen LogP contribution in [0.1, 0.15) is 13.3 Å². The molecule has 0 aliphatic carbocycles. The van der Waals surface area contributed by atoms with Crippen LogP contribution in [0.3, 0.4) is 0 Å². The summed E-state index contributed by atoms with van der Waals surface area (Å²) in [6.45, 7) is 1.48. The minimum atomic E-state index is -0.655. The molecule has 0 unspecified atom stereocenters. The average molecular weight is 366 g/mol. The highest BCUT2D eigenvalue weighted by Gasteiger charge is 2.11. The van der Waals surface area contributed by atoms with E-state index in [2.05, 4.69) is 15.6 Å². The number of benzene rings is 2. The van der Waals surface area contributed by atoms with E-state index >= 15 is 0 Å². The normalized spacial score (nSPS) is 10.6. The maximum atomic E-state index is 12.4. The first-order valence-corrected chi connectivity index (χ1v) is 8.39. The summed E-state index contributed by atoms with van der Waals surface area (Å²) in [7, 11) is 0. The van der Waals surface area contributed by atoms with Crippen LogP contribution in [0.5, 0.6) is 0 Å². The van der Waals surface area contributed by atoms with Gasteiger partial charge in [0.2, 0.25) is 11.8 Å². The molecule has 3 rings (SSSR count). The summed E-state index contributed by atoms with van der Waals surface area (Å²) >= 11 is 0. The molecule has 8 heteroatoms. The Morgan fingerprint density at radius 3 is 2.33 bits per heavy atom. The molecular weight excluding hydrogens is 348 g/mol. The van der Waals surface area contributed by atoms with Crippen LogP contribution in [-0.2, 0) is 16.1 Å². The van der Waals surface area contributed by atoms with E-state index in [1.807, 2.05) is 0 Å². The molecule has 1 aromatic heterocycles. The van der Waals surface area contributed by atoms with Gasteiger partial charge in [-0.25, -0.2) is 4.79 Å². The Morgan fingerprint density at radius 2 is 1.63 bits per heavy atom. The molecule has 0 aliphatic rings. The maximum Gasteiger partial charge on any atom is 0.329 e. The summed E-state index contributed by atoms with van der Waals surface area (Å²) in [6, 6.07) is 13.3. The lowest BCUT2D eigenvalue weighted by molar-refractivity contribution is -0.117. The third-order valence-electron chi connectivity index (χ3n) is 3.96. The van der Waals surface area contributed by atoms with Gasteiger partial charge >= 0.3 is 5.69 Å². The number of anilines is 2. The number of fused-ring (bicyclic) bond motifs is 1. The molecule has 0 saturated heterocycles. The average Bonchev–Trinajstić information content (AvgIpc) is 2.65. The van der Waals surface area contributed by atoms with E-state index in [4.69, 9.17) is 0 Å². The van der Waals surface area contributed by atoms with E-state index in [1.54, 1.807) is 55.5 Å². The van der Waals surface area contributed by atoms with Crippen molar-refractivity contribution in [2.75, 3.05) is 10.6 Å². The van der Waals surface area contributed by atoms with Crippen molar-refractivity contribution < 1.29 is 9.59 Å². The Labute approximate surface area is 153 Å². The van der Waals surface area contributed by atoms with Crippen molar-refractivity contribution in [3.8, 4) is 0 Å². The molecule has 0 atom stereocenters. The maximum absolute atomic E-state index is 12.4. The summed E-state index contributed by atoms with van der Waals surface area (Å²) in [4.78, 5) is 50.1. The van der Waals surface area contributed by atoms with Gasteiger partial charge in [-0.1, -0.05) is 25.1 Å². The molecule has 138 valence electrons. The van der Waals surface area contributed by atoms with Gasteiger partial charge in [-0.2, -0.15) is 0 Å². The Balaban J connectivity index is 1.82. The molecule has 0 bridgehead atoms. The van der Waals surface area contributed by atoms with Gasteiger partial charge in [0.05, 0.1) is 10.9 Å². The number of nitrogens with zero attached hydrogens (tertiary/aromatic N) is 1. The molecule has 1 heterocycles. The zero-order chi connectivity index (χ0) is 19.4. The summed E-state index contributed by atoms with van der Waals surface area (Å²) in [5, 5.41) is 5.72. The van der Waals surface area contributed by atoms with Gasteiger partial charge in [0, 0.05) is 17.8 Å². The van der Waals surface area contributed by atoms with Crippen LogP contribution in [0.2, 0.25) is 0 Å². The van der Waals surface area contributed by atoms with Gasteiger partial charge in [0.15, 0.2) is 0 Å². The summed E-state index contributed by atoms with van der Waals surface area (Å²) in [5.41, 5.74) is 0.275. The van der Waals surface area contributed by atoms with Crippen molar-refractivity contribution in [2.24, 2.45) is 0 Å². The summed E-state index contributed by atoms with van der Waals surface area (Å²) in [5.74, 6) is -0.571. The molecule has 0 fully saturated rings. The first kappa shape index (κ1) is 18.1. The van der Waals surface area contributed by atoms with Crippen molar-refractivity contribution in [1.82, 2.24) is 9.55 Å². The second-order valence-corrected chi connectivity index (χ2v) is 5.89. The second kappa shape index (κ2) is 7.69. The Morgan fingerprint density at radius 1 is 0.963 bits per heavy atom. The minimum Gasteiger partial charge on any atom is -0.326 e. The highest BCUT2D eigenvalue weighted by molar-refractivity contribution is 5.94. The number of amides is 2. The monoisotopic (exact) mass is 366 g/mol. The molecule has 0 saturated carbocycles. The molecule has 27 heavy (non-hydrogen) atoms. The third-order valence-corrected chi connectivity index (χ3v) is 3.96. The van der Waals surface area contributed by atoms with E-state index in [0.29, 0.717) is 28.7 Å².